The van der Waals surface area contributed by atoms with E-state index in [1.807, 2.05) is 57.2 Å². The summed E-state index contributed by atoms with van der Waals surface area (Å²) in [6.45, 7) is 6.74. The Morgan fingerprint density at radius 2 is 1.57 bits per heavy atom. The van der Waals surface area contributed by atoms with Gasteiger partial charge in [-0.1, -0.05) is 65.7 Å². The monoisotopic (exact) mass is 508 g/mol. The number of anilines is 1. The van der Waals surface area contributed by atoms with Crippen LogP contribution in [-0.2, 0) is 23.9 Å². The largest absolute Gasteiger partial charge is 0.348 e. The Hall–Kier alpha value is -4.03. The molecule has 5 nitrogen and oxygen atoms in total. The molecule has 0 aromatic heterocycles. The van der Waals surface area contributed by atoms with Gasteiger partial charge in [-0.25, -0.2) is 4.21 Å². The Kier molecular flexibility index (Phi) is 6.76. The van der Waals surface area contributed by atoms with E-state index in [9.17, 15) is 13.8 Å². The lowest BCUT2D eigenvalue weighted by Crippen LogP contribution is -2.31. The van der Waals surface area contributed by atoms with Crippen molar-refractivity contribution in [2.24, 2.45) is 0 Å². The summed E-state index contributed by atoms with van der Waals surface area (Å²) < 4.78 is 13.6. The number of nitrogens with zero attached hydrogens (tertiary/aromatic N) is 1. The number of carbonyl (C=O) groups excluding carboxylic acids is 2. The van der Waals surface area contributed by atoms with Gasteiger partial charge in [0.1, 0.15) is 0 Å². The van der Waals surface area contributed by atoms with E-state index in [4.69, 9.17) is 0 Å². The first kappa shape index (κ1) is 24.7. The lowest BCUT2D eigenvalue weighted by Gasteiger charge is -2.24. The van der Waals surface area contributed by atoms with Crippen LogP contribution in [0.2, 0.25) is 0 Å². The van der Waals surface area contributed by atoms with Gasteiger partial charge < -0.3 is 10.2 Å². The molecule has 37 heavy (non-hydrogen) atoms. The van der Waals surface area contributed by atoms with Crippen molar-refractivity contribution in [1.29, 1.82) is 0 Å². The van der Waals surface area contributed by atoms with E-state index < -0.39 is 10.8 Å². The minimum absolute atomic E-state index is 0.235. The molecule has 186 valence electrons. The fraction of sp³-hybridized carbons (Fsp3) is 0.161. The molecule has 0 aliphatic carbocycles. The molecule has 2 amide bonds. The minimum atomic E-state index is -1.57. The van der Waals surface area contributed by atoms with Gasteiger partial charge in [-0.05, 0) is 67.8 Å². The summed E-state index contributed by atoms with van der Waals surface area (Å²) in [5.74, 6) is -0.490. The topological polar surface area (TPSA) is 66.5 Å². The third-order valence-electron chi connectivity index (χ3n) is 6.68. The van der Waals surface area contributed by atoms with Crippen molar-refractivity contribution in [2.75, 3.05) is 4.90 Å². The number of aryl methyl sites for hydroxylation is 3. The number of fused-ring (bicyclic) bond motifs is 2. The first-order chi connectivity index (χ1) is 17.8. The summed E-state index contributed by atoms with van der Waals surface area (Å²) in [4.78, 5) is 29.6. The van der Waals surface area contributed by atoms with Gasteiger partial charge in [-0.2, -0.15) is 0 Å². The van der Waals surface area contributed by atoms with Crippen LogP contribution in [0.25, 0.3) is 0 Å². The summed E-state index contributed by atoms with van der Waals surface area (Å²) >= 11 is 0. The maximum Gasteiger partial charge on any atom is 0.259 e. The van der Waals surface area contributed by atoms with Crippen molar-refractivity contribution < 1.29 is 13.8 Å². The zero-order valence-corrected chi connectivity index (χ0v) is 21.9. The molecule has 0 radical (unpaired) electrons. The van der Waals surface area contributed by atoms with Crippen LogP contribution in [0, 0.1) is 20.8 Å². The molecular weight excluding hydrogens is 480 g/mol. The summed E-state index contributed by atoms with van der Waals surface area (Å²) in [5.41, 5.74) is 6.62. The smallest absolute Gasteiger partial charge is 0.259 e. The zero-order chi connectivity index (χ0) is 26.1. The van der Waals surface area contributed by atoms with E-state index >= 15 is 0 Å². The van der Waals surface area contributed by atoms with Crippen molar-refractivity contribution in [3.63, 3.8) is 0 Å². The Labute approximate surface area is 219 Å². The second-order valence-corrected chi connectivity index (χ2v) is 10.9. The lowest BCUT2D eigenvalue weighted by atomic mass is 10.0. The highest BCUT2D eigenvalue weighted by Crippen LogP contribution is 2.36. The van der Waals surface area contributed by atoms with E-state index in [1.54, 1.807) is 47.4 Å². The molecule has 0 bridgehead atoms. The van der Waals surface area contributed by atoms with Gasteiger partial charge in [0.25, 0.3) is 11.8 Å². The number of rotatable bonds is 5. The number of hydrogen-bond acceptors (Lipinski definition) is 3. The van der Waals surface area contributed by atoms with Crippen molar-refractivity contribution >= 4 is 28.3 Å². The Morgan fingerprint density at radius 1 is 0.838 bits per heavy atom. The number of hydrogen-bond donors (Lipinski definition) is 1. The first-order valence-electron chi connectivity index (χ1n) is 12.2. The van der Waals surface area contributed by atoms with Crippen molar-refractivity contribution in [2.45, 2.75) is 43.7 Å². The fourth-order valence-electron chi connectivity index (χ4n) is 4.49. The standard InChI is InChI=1S/C31H28N2O3S/c1-20-9-12-23(13-10-20)18-32-30(34)24-14-15-29-27(17-24)33(19-25-16-21(2)8-11-22(25)3)31(35)26-6-4-5-7-28(26)37(29)36/h4-17H,18-19H2,1-3H3,(H,32,34)/t37-/m0/s1. The number of benzene rings is 4. The molecule has 1 heterocycles. The van der Waals surface area contributed by atoms with E-state index in [0.29, 0.717) is 39.7 Å². The molecule has 0 saturated carbocycles. The molecule has 0 fully saturated rings. The molecule has 0 spiro atoms. The van der Waals surface area contributed by atoms with Crippen molar-refractivity contribution in [3.8, 4) is 0 Å². The predicted octanol–water partition coefficient (Wildman–Crippen LogP) is 5.87. The van der Waals surface area contributed by atoms with Crippen LogP contribution in [-0.4, -0.2) is 16.0 Å². The second kappa shape index (κ2) is 10.1. The maximum atomic E-state index is 13.9. The van der Waals surface area contributed by atoms with Gasteiger partial charge in [0, 0.05) is 12.1 Å². The lowest BCUT2D eigenvalue weighted by molar-refractivity contribution is 0.0947. The highest BCUT2D eigenvalue weighted by molar-refractivity contribution is 7.85. The van der Waals surface area contributed by atoms with Gasteiger partial charge in [-0.15, -0.1) is 0 Å². The fourth-order valence-corrected chi connectivity index (χ4v) is 5.84. The van der Waals surface area contributed by atoms with Gasteiger partial charge in [0.15, 0.2) is 0 Å². The number of nitrogens with one attached hydrogen (secondary N) is 1. The summed E-state index contributed by atoms with van der Waals surface area (Å²) in [6.07, 6.45) is 0. The molecular formula is C31H28N2O3S. The van der Waals surface area contributed by atoms with E-state index in [-0.39, 0.29) is 11.8 Å². The molecule has 1 aliphatic rings. The van der Waals surface area contributed by atoms with Gasteiger partial charge in [-0.3, -0.25) is 9.59 Å². The molecule has 6 heteroatoms. The van der Waals surface area contributed by atoms with E-state index in [1.165, 1.54) is 0 Å². The zero-order valence-electron chi connectivity index (χ0n) is 21.1. The summed E-state index contributed by atoms with van der Waals surface area (Å²) in [6, 6.07) is 26.2. The van der Waals surface area contributed by atoms with Gasteiger partial charge >= 0.3 is 0 Å². The van der Waals surface area contributed by atoms with Crippen LogP contribution in [0.5, 0.6) is 0 Å². The molecule has 1 aliphatic heterocycles. The molecule has 4 aromatic rings. The molecule has 0 unspecified atom stereocenters. The number of carbonyl (C=O) groups is 2. The number of amides is 2. The van der Waals surface area contributed by atoms with Crippen LogP contribution in [0.15, 0.2) is 94.7 Å². The molecule has 5 rings (SSSR count). The Bertz CT molecular complexity index is 1540. The predicted molar refractivity (Wildman–Crippen MR) is 146 cm³/mol. The highest BCUT2D eigenvalue weighted by Gasteiger charge is 2.31. The Balaban J connectivity index is 1.55. The van der Waals surface area contributed by atoms with E-state index in [2.05, 4.69) is 11.4 Å². The average Bonchev–Trinajstić information content (AvgIpc) is 2.99. The SMILES string of the molecule is Cc1ccc(CNC(=O)c2ccc3c(c2)N(Cc2cc(C)ccc2C)C(=O)c2ccccc2[S@@]3=O)cc1. The minimum Gasteiger partial charge on any atom is -0.348 e. The van der Waals surface area contributed by atoms with Crippen LogP contribution < -0.4 is 10.2 Å². The van der Waals surface area contributed by atoms with Gasteiger partial charge in [0.2, 0.25) is 0 Å². The van der Waals surface area contributed by atoms with E-state index in [0.717, 1.165) is 27.8 Å². The van der Waals surface area contributed by atoms with Crippen LogP contribution in [0.4, 0.5) is 5.69 Å². The highest BCUT2D eigenvalue weighted by atomic mass is 32.2. The van der Waals surface area contributed by atoms with Crippen LogP contribution in [0.3, 0.4) is 0 Å². The van der Waals surface area contributed by atoms with Crippen molar-refractivity contribution in [3.05, 3.63) is 124 Å². The molecule has 4 aromatic carbocycles. The van der Waals surface area contributed by atoms with Gasteiger partial charge in [0.05, 0.1) is 38.4 Å². The second-order valence-electron chi connectivity index (χ2n) is 9.44. The summed E-state index contributed by atoms with van der Waals surface area (Å²) in [7, 11) is -1.57. The summed E-state index contributed by atoms with van der Waals surface area (Å²) in [5, 5.41) is 2.96. The quantitative estimate of drug-likeness (QED) is 0.367. The van der Waals surface area contributed by atoms with Crippen molar-refractivity contribution in [1.82, 2.24) is 5.32 Å². The van der Waals surface area contributed by atoms with Crippen LogP contribution >= 0.6 is 0 Å². The molecule has 1 N–H and O–H groups in total. The first-order valence-corrected chi connectivity index (χ1v) is 13.3. The average molecular weight is 509 g/mol. The Morgan fingerprint density at radius 3 is 2.35 bits per heavy atom. The molecule has 0 saturated heterocycles. The third kappa shape index (κ3) is 4.98. The molecule has 1 atom stereocenters. The normalized spacial score (nSPS) is 14.5. The van der Waals surface area contributed by atoms with Crippen LogP contribution in [0.1, 0.15) is 48.5 Å². The maximum absolute atomic E-state index is 13.9. The third-order valence-corrected chi connectivity index (χ3v) is 8.18.